The molecule has 1 unspecified atom stereocenters. The molecular weight excluding hydrogens is 421 g/mol. The number of amides is 1. The van der Waals surface area contributed by atoms with Crippen molar-refractivity contribution in [3.8, 4) is 0 Å². The van der Waals surface area contributed by atoms with Crippen molar-refractivity contribution in [2.24, 2.45) is 5.92 Å². The Kier molecular flexibility index (Phi) is 6.19. The van der Waals surface area contributed by atoms with Crippen LogP contribution in [-0.4, -0.2) is 66.0 Å². The largest absolute Gasteiger partial charge is 0.383 e. The molecule has 1 fully saturated rings. The summed E-state index contributed by atoms with van der Waals surface area (Å²) in [6, 6.07) is 5.66. The highest BCUT2D eigenvalue weighted by Crippen LogP contribution is 2.35. The number of allylic oxidation sites excluding steroid dienone is 1. The first kappa shape index (κ1) is 21.3. The second kappa shape index (κ2) is 8.69. The number of hydrogen-bond acceptors (Lipinski definition) is 5. The first-order chi connectivity index (χ1) is 14.3. The molecule has 0 bridgehead atoms. The molecule has 3 heterocycles. The number of nitrogens with zero attached hydrogens (tertiary/aromatic N) is 3. The van der Waals surface area contributed by atoms with Crippen molar-refractivity contribution in [2.75, 3.05) is 39.3 Å². The molecule has 3 aliphatic heterocycles. The quantitative estimate of drug-likeness (QED) is 0.738. The van der Waals surface area contributed by atoms with Crippen LogP contribution in [0.15, 0.2) is 35.8 Å². The zero-order valence-electron chi connectivity index (χ0n) is 17.7. The molecule has 6 nitrogen and oxygen atoms in total. The van der Waals surface area contributed by atoms with Gasteiger partial charge in [-0.1, -0.05) is 37.0 Å². The maximum Gasteiger partial charge on any atom is 0.219 e. The third-order valence-electron chi connectivity index (χ3n) is 6.04. The zero-order valence-corrected chi connectivity index (χ0v) is 19.2. The molecule has 0 aromatic heterocycles. The number of hydrogen-bond donors (Lipinski definition) is 2. The fourth-order valence-electron chi connectivity index (χ4n) is 4.24. The Morgan fingerprint density at radius 3 is 2.57 bits per heavy atom. The van der Waals surface area contributed by atoms with Crippen molar-refractivity contribution in [2.45, 2.75) is 26.9 Å². The maximum atomic E-state index is 11.7. The second-order valence-corrected chi connectivity index (χ2v) is 9.26. The van der Waals surface area contributed by atoms with E-state index in [1.807, 2.05) is 17.0 Å². The van der Waals surface area contributed by atoms with Crippen LogP contribution >= 0.6 is 23.2 Å². The van der Waals surface area contributed by atoms with Crippen LogP contribution in [0.1, 0.15) is 26.3 Å². The van der Waals surface area contributed by atoms with Crippen molar-refractivity contribution in [1.82, 2.24) is 25.3 Å². The highest BCUT2D eigenvalue weighted by molar-refractivity contribution is 6.35. The molecule has 1 saturated heterocycles. The molecule has 2 N–H and O–H groups in total. The van der Waals surface area contributed by atoms with Crippen LogP contribution in [0.5, 0.6) is 0 Å². The van der Waals surface area contributed by atoms with Gasteiger partial charge >= 0.3 is 0 Å². The topological polar surface area (TPSA) is 50.9 Å². The lowest BCUT2D eigenvalue weighted by molar-refractivity contribution is -0.130. The molecule has 162 valence electrons. The van der Waals surface area contributed by atoms with Crippen molar-refractivity contribution < 1.29 is 4.79 Å². The van der Waals surface area contributed by atoms with Crippen molar-refractivity contribution in [3.63, 3.8) is 0 Å². The molecule has 8 heteroatoms. The fraction of sp³-hybridized carbons (Fsp3) is 0.500. The van der Waals surface area contributed by atoms with Gasteiger partial charge in [0.25, 0.3) is 0 Å². The molecule has 1 amide bonds. The number of carbonyl (C=O) groups is 1. The normalized spacial score (nSPS) is 22.1. The van der Waals surface area contributed by atoms with Crippen LogP contribution in [0.25, 0.3) is 5.70 Å². The molecule has 1 aromatic rings. The average molecular weight is 450 g/mol. The van der Waals surface area contributed by atoms with Crippen LogP contribution in [0.3, 0.4) is 0 Å². The Labute approximate surface area is 188 Å². The number of nitrogens with one attached hydrogen (secondary N) is 2. The first-order valence-electron chi connectivity index (χ1n) is 10.5. The Balaban J connectivity index is 1.66. The summed E-state index contributed by atoms with van der Waals surface area (Å²) < 4.78 is 0. The Bertz CT molecular complexity index is 890. The summed E-state index contributed by atoms with van der Waals surface area (Å²) in [6.07, 6.45) is 2.37. The van der Waals surface area contributed by atoms with E-state index < -0.39 is 0 Å². The van der Waals surface area contributed by atoms with E-state index >= 15 is 0 Å². The minimum Gasteiger partial charge on any atom is -0.383 e. The molecule has 0 aliphatic carbocycles. The average Bonchev–Trinajstić information content (AvgIpc) is 3.05. The lowest BCUT2D eigenvalue weighted by Crippen LogP contribution is -2.50. The summed E-state index contributed by atoms with van der Waals surface area (Å²) >= 11 is 12.7. The van der Waals surface area contributed by atoms with Crippen LogP contribution in [0.2, 0.25) is 10.0 Å². The highest BCUT2D eigenvalue weighted by Gasteiger charge is 2.35. The van der Waals surface area contributed by atoms with Crippen LogP contribution < -0.4 is 10.6 Å². The monoisotopic (exact) mass is 449 g/mol. The number of benzene rings is 1. The van der Waals surface area contributed by atoms with Gasteiger partial charge in [0, 0.05) is 62.1 Å². The summed E-state index contributed by atoms with van der Waals surface area (Å²) in [6.45, 7) is 10.9. The number of rotatable bonds is 4. The van der Waals surface area contributed by atoms with Crippen LogP contribution in [0, 0.1) is 5.92 Å². The summed E-state index contributed by atoms with van der Waals surface area (Å²) in [7, 11) is 0. The molecule has 0 saturated carbocycles. The summed E-state index contributed by atoms with van der Waals surface area (Å²) in [4.78, 5) is 18.4. The van der Waals surface area contributed by atoms with Crippen LogP contribution in [0.4, 0.5) is 0 Å². The van der Waals surface area contributed by atoms with Gasteiger partial charge in [-0.05, 0) is 24.1 Å². The Morgan fingerprint density at radius 2 is 1.93 bits per heavy atom. The number of piperazine rings is 1. The predicted molar refractivity (Wildman–Crippen MR) is 122 cm³/mol. The van der Waals surface area contributed by atoms with E-state index in [1.54, 1.807) is 13.0 Å². The number of carbonyl (C=O) groups excluding carboxylic acids is 1. The lowest BCUT2D eigenvalue weighted by Gasteiger charge is -2.37. The van der Waals surface area contributed by atoms with E-state index in [2.05, 4.69) is 40.5 Å². The minimum atomic E-state index is 0.141. The molecule has 1 aromatic carbocycles. The minimum absolute atomic E-state index is 0.141. The van der Waals surface area contributed by atoms with Crippen molar-refractivity contribution in [1.29, 1.82) is 0 Å². The van der Waals surface area contributed by atoms with Gasteiger partial charge in [0.15, 0.2) is 0 Å². The number of fused-ring (bicyclic) bond motifs is 1. The van der Waals surface area contributed by atoms with E-state index in [4.69, 9.17) is 23.2 Å². The van der Waals surface area contributed by atoms with E-state index in [0.29, 0.717) is 16.0 Å². The molecule has 1 atom stereocenters. The van der Waals surface area contributed by atoms with Gasteiger partial charge in [-0.2, -0.15) is 0 Å². The van der Waals surface area contributed by atoms with E-state index in [9.17, 15) is 4.79 Å². The smallest absolute Gasteiger partial charge is 0.219 e. The van der Waals surface area contributed by atoms with Gasteiger partial charge in [-0.25, -0.2) is 0 Å². The molecule has 4 rings (SSSR count). The predicted octanol–water partition coefficient (Wildman–Crippen LogP) is 3.16. The number of halogens is 2. The zero-order chi connectivity index (χ0) is 21.4. The molecule has 30 heavy (non-hydrogen) atoms. The Morgan fingerprint density at radius 1 is 1.20 bits per heavy atom. The van der Waals surface area contributed by atoms with Gasteiger partial charge in [0.05, 0.1) is 23.0 Å². The first-order valence-corrected chi connectivity index (χ1v) is 11.3. The van der Waals surface area contributed by atoms with Gasteiger partial charge in [-0.3, -0.25) is 9.69 Å². The van der Waals surface area contributed by atoms with E-state index in [1.165, 1.54) is 11.4 Å². The van der Waals surface area contributed by atoms with Gasteiger partial charge in [-0.15, -0.1) is 0 Å². The van der Waals surface area contributed by atoms with Gasteiger partial charge in [0.2, 0.25) is 5.91 Å². The standard InChI is InChI=1S/C22H29Cl2N5O/c1-14(2)19-12-29-20(13-27-6-8-28(9-7-27)15(3)30)22(26-21(29)11-25-19)17-5-4-16(23)10-18(17)24/h4-5,10,12,14,21,25-26H,6-9,11,13H2,1-3H3. The molecular formula is C22H29Cl2N5O. The fourth-order valence-corrected chi connectivity index (χ4v) is 4.74. The summed E-state index contributed by atoms with van der Waals surface area (Å²) in [5.41, 5.74) is 4.46. The van der Waals surface area contributed by atoms with Gasteiger partial charge in [0.1, 0.15) is 6.17 Å². The van der Waals surface area contributed by atoms with Crippen molar-refractivity contribution in [3.05, 3.63) is 51.4 Å². The Hall–Kier alpha value is -1.89. The summed E-state index contributed by atoms with van der Waals surface area (Å²) in [5, 5.41) is 8.50. The summed E-state index contributed by atoms with van der Waals surface area (Å²) in [5.74, 6) is 0.575. The SMILES string of the molecule is CC(=O)N1CCN(CC2=C(c3ccc(Cl)cc3Cl)NC3CNC(C(C)C)=CN23)CC1. The molecule has 0 radical (unpaired) electrons. The maximum absolute atomic E-state index is 11.7. The third kappa shape index (κ3) is 4.27. The van der Waals surface area contributed by atoms with Crippen molar-refractivity contribution >= 4 is 34.8 Å². The van der Waals surface area contributed by atoms with Gasteiger partial charge < -0.3 is 20.4 Å². The highest BCUT2D eigenvalue weighted by atomic mass is 35.5. The van der Waals surface area contributed by atoms with E-state index in [0.717, 1.165) is 50.5 Å². The molecule has 0 spiro atoms. The third-order valence-corrected chi connectivity index (χ3v) is 6.59. The second-order valence-electron chi connectivity index (χ2n) is 8.42. The lowest BCUT2D eigenvalue weighted by atomic mass is 10.1. The van der Waals surface area contributed by atoms with E-state index in [-0.39, 0.29) is 12.1 Å². The van der Waals surface area contributed by atoms with Crippen LogP contribution in [-0.2, 0) is 4.79 Å². The molecule has 3 aliphatic rings.